The van der Waals surface area contributed by atoms with Crippen molar-refractivity contribution in [3.05, 3.63) is 29.8 Å². The van der Waals surface area contributed by atoms with Crippen molar-refractivity contribution in [3.63, 3.8) is 0 Å². The molecule has 1 rings (SSSR count). The van der Waals surface area contributed by atoms with Crippen molar-refractivity contribution >= 4 is 13.6 Å². The Labute approximate surface area is 112 Å². The summed E-state index contributed by atoms with van der Waals surface area (Å²) >= 11 is 0. The van der Waals surface area contributed by atoms with Gasteiger partial charge < -0.3 is 9.84 Å². The molecule has 0 heterocycles. The Kier molecular flexibility index (Phi) is 5.26. The van der Waals surface area contributed by atoms with Crippen LogP contribution < -0.4 is 9.84 Å². The Bertz CT molecular complexity index is 497. The molecule has 7 heteroatoms. The zero-order chi connectivity index (χ0) is 14.6. The first-order valence-corrected chi connectivity index (χ1v) is 7.38. The molecule has 0 amide bonds. The molecule has 3 N–H and O–H groups in total. The molecular weight excluding hydrogens is 269 g/mol. The van der Waals surface area contributed by atoms with Crippen molar-refractivity contribution in [2.75, 3.05) is 0 Å². The number of carbonyl (C=O) groups is 1. The zero-order valence-electron chi connectivity index (χ0n) is 11.0. The lowest BCUT2D eigenvalue weighted by molar-refractivity contribution is 0.0944. The van der Waals surface area contributed by atoms with Crippen molar-refractivity contribution in [2.24, 2.45) is 0 Å². The topological polar surface area (TPSA) is 95.9 Å². The van der Waals surface area contributed by atoms with E-state index in [1.807, 2.05) is 13.8 Å². The zero-order valence-corrected chi connectivity index (χ0v) is 11.9. The van der Waals surface area contributed by atoms with Crippen LogP contribution in [0.25, 0.3) is 0 Å². The van der Waals surface area contributed by atoms with E-state index in [2.05, 4.69) is 9.84 Å². The van der Waals surface area contributed by atoms with Gasteiger partial charge in [-0.3, -0.25) is 14.6 Å². The lowest BCUT2D eigenvalue weighted by Crippen LogP contribution is -2.38. The Hall–Kier alpha value is -1.20. The van der Waals surface area contributed by atoms with Gasteiger partial charge in [0.1, 0.15) is 5.75 Å². The Balaban J connectivity index is 3.00. The number of hydrogen-bond donors (Lipinski definition) is 3. The number of rotatable bonds is 6. The van der Waals surface area contributed by atoms with Gasteiger partial charge in [0.15, 0.2) is 5.78 Å². The molecule has 1 aromatic rings. The summed E-state index contributed by atoms with van der Waals surface area (Å²) in [5.41, 5.74) is 0.145. The monoisotopic (exact) mass is 287 g/mol. The third-order valence-corrected chi connectivity index (χ3v) is 2.78. The largest absolute Gasteiger partial charge is 0.524 e. The Morgan fingerprint density at radius 3 is 2.37 bits per heavy atom. The molecule has 0 aliphatic carbocycles. The van der Waals surface area contributed by atoms with E-state index in [0.29, 0.717) is 0 Å². The van der Waals surface area contributed by atoms with Gasteiger partial charge in [-0.05, 0) is 19.1 Å². The molecule has 0 saturated heterocycles. The van der Waals surface area contributed by atoms with Gasteiger partial charge in [-0.25, -0.2) is 4.57 Å². The highest BCUT2D eigenvalue weighted by Crippen LogP contribution is 2.39. The van der Waals surface area contributed by atoms with Gasteiger partial charge in [0.05, 0.1) is 11.6 Å². The molecule has 106 valence electrons. The van der Waals surface area contributed by atoms with Crippen LogP contribution in [0.3, 0.4) is 0 Å². The summed E-state index contributed by atoms with van der Waals surface area (Å²) in [6.07, 6.45) is 0. The highest BCUT2D eigenvalue weighted by molar-refractivity contribution is 7.46. The van der Waals surface area contributed by atoms with Crippen molar-refractivity contribution in [1.29, 1.82) is 0 Å². The number of Topliss-reactive ketones (excluding diaryl/α,β-unsaturated/α-hetero) is 1. The van der Waals surface area contributed by atoms with E-state index >= 15 is 0 Å². The third kappa shape index (κ3) is 5.12. The normalized spacial score (nSPS) is 13.4. The number of phosphoric acid groups is 1. The van der Waals surface area contributed by atoms with Gasteiger partial charge in [-0.1, -0.05) is 26.0 Å². The van der Waals surface area contributed by atoms with Gasteiger partial charge in [0.25, 0.3) is 0 Å². The van der Waals surface area contributed by atoms with E-state index in [4.69, 9.17) is 9.79 Å². The van der Waals surface area contributed by atoms with Crippen LogP contribution in [0.5, 0.6) is 5.75 Å². The van der Waals surface area contributed by atoms with Crippen molar-refractivity contribution in [1.82, 2.24) is 5.32 Å². The fourth-order valence-electron chi connectivity index (χ4n) is 1.69. The van der Waals surface area contributed by atoms with Crippen LogP contribution >= 0.6 is 7.82 Å². The van der Waals surface area contributed by atoms with Crippen LogP contribution in [-0.4, -0.2) is 27.7 Å². The molecule has 1 aromatic carbocycles. The molecule has 0 aliphatic heterocycles. The summed E-state index contributed by atoms with van der Waals surface area (Å²) in [5, 5.41) is 3.03. The molecule has 0 fully saturated rings. The predicted molar refractivity (Wildman–Crippen MR) is 71.2 cm³/mol. The molecule has 0 bridgehead atoms. The van der Waals surface area contributed by atoms with E-state index in [-0.39, 0.29) is 23.1 Å². The summed E-state index contributed by atoms with van der Waals surface area (Å²) < 4.78 is 15.4. The van der Waals surface area contributed by atoms with E-state index in [0.717, 1.165) is 0 Å². The summed E-state index contributed by atoms with van der Waals surface area (Å²) in [6.45, 7) is 5.50. The second kappa shape index (κ2) is 6.30. The SMILES string of the molecule is CC(C)N[C@@H](C)C(=O)c1ccccc1OP(=O)(O)O. The molecule has 6 nitrogen and oxygen atoms in total. The number of nitrogens with one attached hydrogen (secondary N) is 1. The minimum Gasteiger partial charge on any atom is -0.403 e. The van der Waals surface area contributed by atoms with Crippen molar-refractivity contribution < 1.29 is 23.7 Å². The van der Waals surface area contributed by atoms with Gasteiger partial charge >= 0.3 is 7.82 Å². The maximum Gasteiger partial charge on any atom is 0.524 e. The summed E-state index contributed by atoms with van der Waals surface area (Å²) in [5.74, 6) is -0.393. The van der Waals surface area contributed by atoms with E-state index in [1.54, 1.807) is 19.1 Å². The second-order valence-electron chi connectivity index (χ2n) is 4.49. The molecule has 0 aliphatic rings. The summed E-state index contributed by atoms with van der Waals surface area (Å²) in [4.78, 5) is 29.8. The number of carbonyl (C=O) groups excluding carboxylic acids is 1. The van der Waals surface area contributed by atoms with Crippen LogP contribution in [0, 0.1) is 0 Å². The standard InChI is InChI=1S/C12H18NO5P/c1-8(2)13-9(3)12(14)10-6-4-5-7-11(10)18-19(15,16)17/h4-9,13H,1-3H3,(H2,15,16,17)/t9-/m0/s1. The Morgan fingerprint density at radius 1 is 1.26 bits per heavy atom. The van der Waals surface area contributed by atoms with Gasteiger partial charge in [0, 0.05) is 6.04 Å². The molecular formula is C12H18NO5P. The number of benzene rings is 1. The quantitative estimate of drug-likeness (QED) is 0.544. The minimum atomic E-state index is -4.68. The average molecular weight is 287 g/mol. The smallest absolute Gasteiger partial charge is 0.403 e. The fraction of sp³-hybridized carbons (Fsp3) is 0.417. The Morgan fingerprint density at radius 2 is 1.84 bits per heavy atom. The van der Waals surface area contributed by atoms with E-state index in [1.165, 1.54) is 12.1 Å². The van der Waals surface area contributed by atoms with Crippen LogP contribution in [0.15, 0.2) is 24.3 Å². The highest BCUT2D eigenvalue weighted by atomic mass is 31.2. The minimum absolute atomic E-state index is 0.113. The maximum atomic E-state index is 12.2. The van der Waals surface area contributed by atoms with Gasteiger partial charge in [-0.2, -0.15) is 0 Å². The van der Waals surface area contributed by atoms with Crippen molar-refractivity contribution in [3.8, 4) is 5.75 Å². The lowest BCUT2D eigenvalue weighted by atomic mass is 10.0. The summed E-state index contributed by atoms with van der Waals surface area (Å²) in [7, 11) is -4.68. The lowest BCUT2D eigenvalue weighted by Gasteiger charge is -2.17. The molecule has 19 heavy (non-hydrogen) atoms. The van der Waals surface area contributed by atoms with E-state index in [9.17, 15) is 9.36 Å². The first-order valence-electron chi connectivity index (χ1n) is 5.85. The molecule has 0 radical (unpaired) electrons. The van der Waals surface area contributed by atoms with Gasteiger partial charge in [-0.15, -0.1) is 0 Å². The fourth-order valence-corrected chi connectivity index (χ4v) is 2.10. The molecule has 0 spiro atoms. The van der Waals surface area contributed by atoms with Crippen LogP contribution in [0.1, 0.15) is 31.1 Å². The third-order valence-electron chi connectivity index (χ3n) is 2.35. The molecule has 0 saturated carbocycles. The van der Waals surface area contributed by atoms with Crippen LogP contribution in [0.2, 0.25) is 0 Å². The molecule has 0 unspecified atom stereocenters. The van der Waals surface area contributed by atoms with Crippen LogP contribution in [0.4, 0.5) is 0 Å². The average Bonchev–Trinajstić information content (AvgIpc) is 2.25. The number of ketones is 1. The summed E-state index contributed by atoms with van der Waals surface area (Å²) in [6, 6.07) is 5.64. The highest BCUT2D eigenvalue weighted by Gasteiger charge is 2.23. The first kappa shape index (κ1) is 15.9. The van der Waals surface area contributed by atoms with Crippen molar-refractivity contribution in [2.45, 2.75) is 32.9 Å². The maximum absolute atomic E-state index is 12.2. The van der Waals surface area contributed by atoms with Gasteiger partial charge in [0.2, 0.25) is 0 Å². The number of hydrogen-bond acceptors (Lipinski definition) is 4. The number of phosphoric ester groups is 1. The second-order valence-corrected chi connectivity index (χ2v) is 5.65. The number of para-hydroxylation sites is 1. The first-order chi connectivity index (χ1) is 8.70. The van der Waals surface area contributed by atoms with E-state index < -0.39 is 13.9 Å². The van der Waals surface area contributed by atoms with Crippen LogP contribution in [-0.2, 0) is 4.57 Å². The predicted octanol–water partition coefficient (Wildman–Crippen LogP) is 1.73. The molecule has 1 atom stereocenters. The molecule has 0 aromatic heterocycles.